The van der Waals surface area contributed by atoms with Gasteiger partial charge in [-0.2, -0.15) is 0 Å². The molecule has 1 heterocycles. The SMILES string of the molecule is CC(C)(C)NC1CCC(c2c(/C=C/CCn3nnc4cc(C=O)ccc43)ccc(-c3ccccc3)c2OC(N)=O)CC1. The molecule has 0 atom stereocenters. The molecule has 1 amide bonds. The zero-order chi connectivity index (χ0) is 29.7. The van der Waals surface area contributed by atoms with Crippen molar-refractivity contribution in [1.82, 2.24) is 20.3 Å². The maximum atomic E-state index is 12.2. The molecule has 0 aliphatic heterocycles. The highest BCUT2D eigenvalue weighted by molar-refractivity contribution is 5.84. The summed E-state index contributed by atoms with van der Waals surface area (Å²) in [5.41, 5.74) is 11.8. The number of aldehydes is 1. The molecule has 0 bridgehead atoms. The van der Waals surface area contributed by atoms with Crippen LogP contribution in [0.3, 0.4) is 0 Å². The number of aromatic nitrogens is 3. The summed E-state index contributed by atoms with van der Waals surface area (Å²) < 4.78 is 7.65. The number of allylic oxidation sites excluding steroid dienone is 1. The second-order valence-corrected chi connectivity index (χ2v) is 12.0. The lowest BCUT2D eigenvalue weighted by Gasteiger charge is -2.35. The van der Waals surface area contributed by atoms with E-state index >= 15 is 0 Å². The number of primary amides is 1. The van der Waals surface area contributed by atoms with Crippen molar-refractivity contribution in [3.8, 4) is 16.9 Å². The molecule has 1 saturated carbocycles. The van der Waals surface area contributed by atoms with Crippen molar-refractivity contribution in [1.29, 1.82) is 0 Å². The zero-order valence-corrected chi connectivity index (χ0v) is 24.5. The fraction of sp³-hybridized carbons (Fsp3) is 0.353. The second kappa shape index (κ2) is 12.7. The minimum atomic E-state index is -0.812. The van der Waals surface area contributed by atoms with Crippen LogP contribution in [0.15, 0.2) is 66.7 Å². The van der Waals surface area contributed by atoms with Crippen molar-refractivity contribution in [3.63, 3.8) is 0 Å². The van der Waals surface area contributed by atoms with Gasteiger partial charge >= 0.3 is 6.09 Å². The average molecular weight is 566 g/mol. The number of nitrogens with one attached hydrogen (secondary N) is 1. The second-order valence-electron chi connectivity index (χ2n) is 12.0. The largest absolute Gasteiger partial charge is 0.410 e. The van der Waals surface area contributed by atoms with E-state index in [1.165, 1.54) is 0 Å². The first-order valence-corrected chi connectivity index (χ1v) is 14.6. The molecule has 0 saturated heterocycles. The van der Waals surface area contributed by atoms with Crippen molar-refractivity contribution in [2.75, 3.05) is 0 Å². The summed E-state index contributed by atoms with van der Waals surface area (Å²) in [5, 5.41) is 12.2. The van der Waals surface area contributed by atoms with Crippen molar-refractivity contribution in [2.24, 2.45) is 5.73 Å². The summed E-state index contributed by atoms with van der Waals surface area (Å²) in [4.78, 5) is 23.3. The van der Waals surface area contributed by atoms with Crippen LogP contribution in [0.4, 0.5) is 4.79 Å². The summed E-state index contributed by atoms with van der Waals surface area (Å²) in [6.45, 7) is 7.25. The highest BCUT2D eigenvalue weighted by Gasteiger charge is 2.30. The number of hydrogen-bond acceptors (Lipinski definition) is 6. The lowest BCUT2D eigenvalue weighted by molar-refractivity contribution is 0.112. The number of carbonyl (C=O) groups excluding carboxylic acids is 2. The van der Waals surface area contributed by atoms with Gasteiger partial charge in [0.15, 0.2) is 0 Å². The van der Waals surface area contributed by atoms with Crippen LogP contribution in [-0.2, 0) is 6.54 Å². The number of nitrogens with zero attached hydrogens (tertiary/aromatic N) is 3. The molecule has 0 radical (unpaired) electrons. The van der Waals surface area contributed by atoms with Gasteiger partial charge in [-0.1, -0.05) is 59.8 Å². The Kier molecular flexibility index (Phi) is 8.83. The lowest BCUT2D eigenvalue weighted by Crippen LogP contribution is -2.45. The Balaban J connectivity index is 1.44. The number of fused-ring (bicyclic) bond motifs is 1. The first-order chi connectivity index (χ1) is 20.2. The van der Waals surface area contributed by atoms with E-state index in [2.05, 4.69) is 54.6 Å². The lowest BCUT2D eigenvalue weighted by atomic mass is 9.78. The third-order valence-electron chi connectivity index (χ3n) is 7.77. The molecule has 3 N–H and O–H groups in total. The van der Waals surface area contributed by atoms with Gasteiger partial charge in [0.1, 0.15) is 17.6 Å². The van der Waals surface area contributed by atoms with Crippen LogP contribution >= 0.6 is 0 Å². The fourth-order valence-electron chi connectivity index (χ4n) is 6.01. The maximum Gasteiger partial charge on any atom is 0.409 e. The number of rotatable bonds is 9. The molecule has 1 aliphatic rings. The molecular weight excluding hydrogens is 526 g/mol. The summed E-state index contributed by atoms with van der Waals surface area (Å²) in [5.74, 6) is 0.781. The molecular formula is C34H39N5O3. The predicted octanol–water partition coefficient (Wildman–Crippen LogP) is 6.89. The molecule has 1 fully saturated rings. The van der Waals surface area contributed by atoms with Crippen LogP contribution < -0.4 is 15.8 Å². The monoisotopic (exact) mass is 565 g/mol. The number of amides is 1. The summed E-state index contributed by atoms with van der Waals surface area (Å²) in [7, 11) is 0. The third-order valence-corrected chi connectivity index (χ3v) is 7.77. The van der Waals surface area contributed by atoms with Crippen molar-refractivity contribution < 1.29 is 14.3 Å². The molecule has 3 aromatic carbocycles. The Morgan fingerprint density at radius 3 is 2.52 bits per heavy atom. The van der Waals surface area contributed by atoms with Gasteiger partial charge in [0, 0.05) is 34.8 Å². The van der Waals surface area contributed by atoms with Crippen molar-refractivity contribution in [3.05, 3.63) is 83.4 Å². The third kappa shape index (κ3) is 6.94. The first-order valence-electron chi connectivity index (χ1n) is 14.6. The Hall–Kier alpha value is -4.30. The van der Waals surface area contributed by atoms with Gasteiger partial charge in [0.2, 0.25) is 0 Å². The Morgan fingerprint density at radius 1 is 1.07 bits per heavy atom. The summed E-state index contributed by atoms with van der Waals surface area (Å²) >= 11 is 0. The van der Waals surface area contributed by atoms with Gasteiger partial charge in [0.05, 0.1) is 5.52 Å². The first kappa shape index (κ1) is 29.2. The van der Waals surface area contributed by atoms with Crippen LogP contribution in [0.2, 0.25) is 0 Å². The normalized spacial score (nSPS) is 17.5. The Bertz CT molecular complexity index is 1580. The van der Waals surface area contributed by atoms with E-state index < -0.39 is 6.09 Å². The van der Waals surface area contributed by atoms with E-state index in [0.717, 1.165) is 66.2 Å². The number of aryl methyl sites for hydroxylation is 1. The summed E-state index contributed by atoms with van der Waals surface area (Å²) in [6, 6.07) is 20.0. The minimum absolute atomic E-state index is 0.0606. The van der Waals surface area contributed by atoms with Gasteiger partial charge in [-0.3, -0.25) is 4.79 Å². The number of ether oxygens (including phenoxy) is 1. The molecule has 5 rings (SSSR count). The topological polar surface area (TPSA) is 112 Å². The highest BCUT2D eigenvalue weighted by atomic mass is 16.5. The molecule has 8 nitrogen and oxygen atoms in total. The minimum Gasteiger partial charge on any atom is -0.410 e. The smallest absolute Gasteiger partial charge is 0.409 e. The Morgan fingerprint density at radius 2 is 1.83 bits per heavy atom. The Labute approximate surface area is 246 Å². The number of carbonyl (C=O) groups is 2. The fourth-order valence-corrected chi connectivity index (χ4v) is 6.01. The molecule has 1 aromatic heterocycles. The van der Waals surface area contributed by atoms with Crippen LogP contribution in [0, 0.1) is 0 Å². The molecule has 42 heavy (non-hydrogen) atoms. The van der Waals surface area contributed by atoms with Crippen LogP contribution in [0.5, 0.6) is 5.75 Å². The van der Waals surface area contributed by atoms with Crippen molar-refractivity contribution in [2.45, 2.75) is 76.9 Å². The van der Waals surface area contributed by atoms with E-state index in [-0.39, 0.29) is 11.5 Å². The quantitative estimate of drug-likeness (QED) is 0.214. The van der Waals surface area contributed by atoms with Crippen molar-refractivity contribution >= 4 is 29.5 Å². The van der Waals surface area contributed by atoms with Gasteiger partial charge < -0.3 is 15.8 Å². The average Bonchev–Trinajstić information content (AvgIpc) is 3.37. The van der Waals surface area contributed by atoms with E-state index in [1.54, 1.807) is 12.1 Å². The van der Waals surface area contributed by atoms with E-state index in [0.29, 0.717) is 29.4 Å². The van der Waals surface area contributed by atoms with Crippen LogP contribution in [-0.4, -0.2) is 39.0 Å². The van der Waals surface area contributed by atoms with Gasteiger partial charge in [-0.15, -0.1) is 5.10 Å². The number of hydrogen-bond donors (Lipinski definition) is 2. The number of benzene rings is 3. The molecule has 4 aromatic rings. The predicted molar refractivity (Wildman–Crippen MR) is 167 cm³/mol. The molecule has 0 unspecified atom stereocenters. The molecule has 0 spiro atoms. The van der Waals surface area contributed by atoms with Gasteiger partial charge in [-0.25, -0.2) is 9.48 Å². The summed E-state index contributed by atoms with van der Waals surface area (Å²) in [6.07, 6.45) is 9.01. The standard InChI is InChI=1S/C34H39N5O3/c1-34(2,3)36-27-16-13-26(14-17-27)31-25(15-18-28(32(31)42-33(35)41)24-9-5-4-6-10-24)11-7-8-20-39-30-19-12-23(22-40)21-29(30)37-38-39/h4-7,9-12,15,18-19,21-22,26-27,36H,8,13-14,16-17,20H2,1-3H3,(H2,35,41)/b11-7+. The van der Waals surface area contributed by atoms with E-state index in [1.807, 2.05) is 47.1 Å². The van der Waals surface area contributed by atoms with E-state index in [9.17, 15) is 9.59 Å². The maximum absolute atomic E-state index is 12.2. The van der Waals surface area contributed by atoms with Crippen LogP contribution in [0.25, 0.3) is 28.2 Å². The highest BCUT2D eigenvalue weighted by Crippen LogP contribution is 2.45. The van der Waals surface area contributed by atoms with Gasteiger partial charge in [0.25, 0.3) is 0 Å². The zero-order valence-electron chi connectivity index (χ0n) is 24.5. The molecule has 218 valence electrons. The van der Waals surface area contributed by atoms with Gasteiger partial charge in [-0.05, 0) is 88.1 Å². The van der Waals surface area contributed by atoms with E-state index in [4.69, 9.17) is 10.5 Å². The number of nitrogens with two attached hydrogens (primary N) is 1. The van der Waals surface area contributed by atoms with Crippen LogP contribution in [0.1, 0.15) is 80.3 Å². The molecule has 1 aliphatic carbocycles. The molecule has 8 heteroatoms.